The molecule has 560 valence electrons. The average Bonchev–Trinajstić information content (AvgIpc) is 1.63. The van der Waals surface area contributed by atoms with Crippen LogP contribution in [0.1, 0.15) is 76.1 Å². The molecule has 6 heterocycles. The lowest BCUT2D eigenvalue weighted by molar-refractivity contribution is -0.148. The standard InChI is InChI=1S/C57H84N22O19S4/c1-26-44(85)71-31(13-27-17-62-24-65-27)46(87)69-29(8-9-43(83)84)45(86)72-32(14-28-18-63-25-66-28)47(88)75-37(51(92)70-30(56(97)98)5-2-10-64-57(60)61)22-101-102-23-38-52(93)74-34(19-80)48(89)73-33(15-41(59)81)54(95)79-12-4-7-40(79)55(96)78-11-3-6-39(78)53(94)77-36(49(90)67-26)21-100-99-20-35(50(91)76-38)68-42(82)16-58/h17-18,24-26,29-40,80H,2-16,19-23,58H2,1H3,(H2,59,81)(H,62,65)(H,63,66)(H,67,90)(H,68,82)(H,69,87)(H,70,92)(H,71,85)(H,72,86)(H,73,89)(H,74,93)(H,75,88)(H,76,91)(H,77,94)(H,83,84)(H,97,98)(H4,60,61,64)/t26-,29-,30-,31-,32-,33-,34-,35-,36-,37-,38-,39-,40-/m0/s1. The molecule has 2 aromatic rings. The van der Waals surface area contributed by atoms with Crippen molar-refractivity contribution in [1.82, 2.24) is 88.2 Å². The summed E-state index contributed by atoms with van der Waals surface area (Å²) in [5, 5.41) is 57.8. The number of imidazole rings is 2. The fraction of sp³-hybridized carbons (Fsp3) is 0.596. The number of nitrogens with one attached hydrogen (secondary N) is 13. The number of carboxylic acid groups (broad SMARTS) is 2. The van der Waals surface area contributed by atoms with Gasteiger partial charge in [-0.1, -0.05) is 43.2 Å². The van der Waals surface area contributed by atoms with E-state index in [9.17, 15) is 92.0 Å². The van der Waals surface area contributed by atoms with Gasteiger partial charge in [-0.3, -0.25) is 76.9 Å². The number of H-pyrrole nitrogens is 2. The molecule has 0 radical (unpaired) electrons. The normalized spacial score (nSPS) is 26.5. The van der Waals surface area contributed by atoms with Crippen LogP contribution in [0.15, 0.2) is 30.0 Å². The monoisotopic (exact) mass is 1510 g/mol. The molecule has 0 aliphatic carbocycles. The van der Waals surface area contributed by atoms with E-state index < -0.39 is 224 Å². The zero-order chi connectivity index (χ0) is 74.7. The molecule has 0 unspecified atom stereocenters. The van der Waals surface area contributed by atoms with Gasteiger partial charge < -0.3 is 117 Å². The smallest absolute Gasteiger partial charge is 0.326 e. The van der Waals surface area contributed by atoms with Gasteiger partial charge in [0.15, 0.2) is 5.96 Å². The van der Waals surface area contributed by atoms with Crippen LogP contribution in [0, 0.1) is 0 Å². The Balaban J connectivity index is 1.48. The van der Waals surface area contributed by atoms with Crippen LogP contribution in [-0.4, -0.2) is 280 Å². The molecular weight excluding hydrogens is 1430 g/mol. The van der Waals surface area contributed by atoms with Crippen LogP contribution in [0.25, 0.3) is 0 Å². The molecule has 102 heavy (non-hydrogen) atoms. The van der Waals surface area contributed by atoms with Crippen molar-refractivity contribution in [2.45, 2.75) is 156 Å². The number of carbonyl (C=O) groups is 16. The minimum absolute atomic E-state index is 0.0111. The van der Waals surface area contributed by atoms with Crippen molar-refractivity contribution < 1.29 is 92.0 Å². The Hall–Kier alpha value is -9.47. The minimum atomic E-state index is -1.97. The van der Waals surface area contributed by atoms with Crippen LogP contribution in [0.4, 0.5) is 0 Å². The number of aliphatic carboxylic acids is 2. The number of fused-ring (bicyclic) bond motifs is 10. The molecule has 6 rings (SSSR count). The number of aromatic nitrogens is 4. The summed E-state index contributed by atoms with van der Waals surface area (Å²) in [5.74, 6) is -19.9. The van der Waals surface area contributed by atoms with Crippen LogP contribution in [-0.2, 0) is 89.6 Å². The Labute approximate surface area is 597 Å². The van der Waals surface area contributed by atoms with Gasteiger partial charge in [0.05, 0.1) is 32.2 Å². The number of carbonyl (C=O) groups excluding carboxylic acids is 14. The summed E-state index contributed by atoms with van der Waals surface area (Å²) in [6, 6.07) is -21.6. The number of guanidine groups is 1. The predicted octanol–water partition coefficient (Wildman–Crippen LogP) is -9.13. The molecule has 14 amide bonds. The van der Waals surface area contributed by atoms with Crippen LogP contribution >= 0.6 is 43.2 Å². The summed E-state index contributed by atoms with van der Waals surface area (Å²) in [6.45, 7) is -0.815. The summed E-state index contributed by atoms with van der Waals surface area (Å²) >= 11 is 0. The Morgan fingerprint density at radius 3 is 1.71 bits per heavy atom. The minimum Gasteiger partial charge on any atom is -0.481 e. The second-order valence-corrected chi connectivity index (χ2v) is 28.9. The van der Waals surface area contributed by atoms with Crippen molar-refractivity contribution >= 4 is 144 Å². The van der Waals surface area contributed by atoms with E-state index in [1.54, 1.807) is 0 Å². The molecule has 4 saturated heterocycles. The van der Waals surface area contributed by atoms with E-state index >= 15 is 0 Å². The number of hydrogen-bond acceptors (Lipinski definition) is 25. The molecule has 4 aliphatic heterocycles. The molecule has 4 aliphatic rings. The Bertz CT molecular complexity index is 3390. The van der Waals surface area contributed by atoms with Crippen LogP contribution in [0.5, 0.6) is 0 Å². The highest BCUT2D eigenvalue weighted by molar-refractivity contribution is 8.77. The number of primary amides is 1. The maximum absolute atomic E-state index is 14.8. The van der Waals surface area contributed by atoms with E-state index in [1.807, 2.05) is 0 Å². The number of carboxylic acids is 2. The Morgan fingerprint density at radius 2 is 1.14 bits per heavy atom. The first-order chi connectivity index (χ1) is 48.6. The number of aromatic amines is 2. The van der Waals surface area contributed by atoms with Gasteiger partial charge in [0, 0.05) is 85.7 Å². The number of hydrogen-bond donors (Lipinski definition) is 20. The summed E-state index contributed by atoms with van der Waals surface area (Å²) < 4.78 is 0. The molecule has 0 spiro atoms. The van der Waals surface area contributed by atoms with Crippen molar-refractivity contribution in [2.75, 3.05) is 55.8 Å². The number of nitrogens with zero attached hydrogens (tertiary/aromatic N) is 5. The van der Waals surface area contributed by atoms with Gasteiger partial charge in [-0.15, -0.1) is 0 Å². The second-order valence-electron chi connectivity index (χ2n) is 23.8. The first-order valence-corrected chi connectivity index (χ1v) is 37.0. The van der Waals surface area contributed by atoms with Gasteiger partial charge >= 0.3 is 11.9 Å². The summed E-state index contributed by atoms with van der Waals surface area (Å²) in [5.41, 5.74) is 22.5. The van der Waals surface area contributed by atoms with Gasteiger partial charge in [0.2, 0.25) is 82.7 Å². The maximum atomic E-state index is 14.8. The lowest BCUT2D eigenvalue weighted by atomic mass is 10.1. The van der Waals surface area contributed by atoms with Crippen molar-refractivity contribution in [1.29, 1.82) is 0 Å². The lowest BCUT2D eigenvalue weighted by Gasteiger charge is -2.33. The van der Waals surface area contributed by atoms with Crippen LogP contribution in [0.2, 0.25) is 0 Å². The molecule has 41 nitrogen and oxygen atoms in total. The zero-order valence-electron chi connectivity index (χ0n) is 55.0. The molecule has 24 N–H and O–H groups in total. The molecule has 4 fully saturated rings. The van der Waals surface area contributed by atoms with Crippen molar-refractivity contribution in [3.05, 3.63) is 36.4 Å². The molecule has 13 atom stereocenters. The summed E-state index contributed by atoms with van der Waals surface area (Å²) in [7, 11) is 3.16. The quantitative estimate of drug-likeness (QED) is 0.0269. The van der Waals surface area contributed by atoms with Gasteiger partial charge in [-0.05, 0) is 51.9 Å². The molecule has 2 aromatic heterocycles. The zero-order valence-corrected chi connectivity index (χ0v) is 58.3. The number of aliphatic hydroxyl groups excluding tert-OH is 1. The van der Waals surface area contributed by atoms with Gasteiger partial charge in [0.25, 0.3) is 0 Å². The first-order valence-electron chi connectivity index (χ1n) is 32.0. The highest BCUT2D eigenvalue weighted by atomic mass is 33.1. The van der Waals surface area contributed by atoms with E-state index in [-0.39, 0.29) is 93.4 Å². The van der Waals surface area contributed by atoms with Crippen molar-refractivity contribution in [3.8, 4) is 0 Å². The van der Waals surface area contributed by atoms with Gasteiger partial charge in [-0.2, -0.15) is 0 Å². The summed E-state index contributed by atoms with van der Waals surface area (Å²) in [6.07, 6.45) is 2.29. The number of amides is 14. The highest BCUT2D eigenvalue weighted by Gasteiger charge is 2.46. The van der Waals surface area contributed by atoms with E-state index in [1.165, 1.54) is 36.9 Å². The molecule has 2 bridgehead atoms. The van der Waals surface area contributed by atoms with Crippen LogP contribution in [0.3, 0.4) is 0 Å². The van der Waals surface area contributed by atoms with E-state index in [4.69, 9.17) is 22.9 Å². The average molecular weight is 1510 g/mol. The number of aliphatic hydroxyl groups is 1. The summed E-state index contributed by atoms with van der Waals surface area (Å²) in [4.78, 5) is 244. The van der Waals surface area contributed by atoms with Gasteiger partial charge in [-0.25, -0.2) is 14.8 Å². The molecule has 0 aromatic carbocycles. The van der Waals surface area contributed by atoms with Crippen molar-refractivity contribution in [2.24, 2.45) is 27.9 Å². The number of aliphatic imine (C=N–C) groups is 1. The van der Waals surface area contributed by atoms with Gasteiger partial charge in [0.1, 0.15) is 78.5 Å². The first kappa shape index (κ1) is 81.5. The molecule has 0 saturated carbocycles. The van der Waals surface area contributed by atoms with E-state index in [2.05, 4.69) is 83.4 Å². The largest absolute Gasteiger partial charge is 0.481 e. The highest BCUT2D eigenvalue weighted by Crippen LogP contribution is 2.29. The molecule has 45 heteroatoms. The Kier molecular flexibility index (Phi) is 32.2. The third-order valence-corrected chi connectivity index (χ3v) is 21.0. The van der Waals surface area contributed by atoms with E-state index in [0.717, 1.165) is 48.1 Å². The predicted molar refractivity (Wildman–Crippen MR) is 365 cm³/mol. The van der Waals surface area contributed by atoms with Crippen molar-refractivity contribution in [3.63, 3.8) is 0 Å². The third-order valence-electron chi connectivity index (χ3n) is 16.2. The van der Waals surface area contributed by atoms with E-state index in [0.29, 0.717) is 0 Å². The fourth-order valence-corrected chi connectivity index (χ4v) is 15.5. The van der Waals surface area contributed by atoms with Crippen LogP contribution < -0.4 is 81.4 Å². The lowest BCUT2D eigenvalue weighted by Crippen LogP contribution is -2.61. The SMILES string of the molecule is C[C@@H]1NC(=O)[C@@H]2CSSC[C@H](NC(=O)CN)C(=O)N[C@@H](CSSC[C@@H](C(=O)N[C@@H](CCCN=C(N)N)C(=O)O)NC(=O)[C@H](Cc3cnc[nH]3)NC(=O)[C@H](CCC(=O)O)NC(=O)[C@H](Cc3cnc[nH]3)NC1=O)C(=O)N[C@@H](CO)C(=O)N[C@@H](CC(N)=O)C(=O)N1CCC[C@H]1C(=O)N1CCC[C@H]1C(=O)N2. The number of rotatable bonds is 19. The topological polar surface area (TPSA) is 646 Å². The third kappa shape index (κ3) is 25.0. The number of nitrogens with two attached hydrogens (primary N) is 4. The maximum Gasteiger partial charge on any atom is 0.326 e. The fourth-order valence-electron chi connectivity index (χ4n) is 10.8. The second kappa shape index (κ2) is 40.2. The molecular formula is C57H84N22O19S4. The Morgan fingerprint density at radius 1 is 0.618 bits per heavy atom.